The lowest BCUT2D eigenvalue weighted by Crippen LogP contribution is -2.30. The second-order valence-corrected chi connectivity index (χ2v) is 6.23. The number of morpholine rings is 1. The van der Waals surface area contributed by atoms with E-state index in [1.807, 2.05) is 24.3 Å². The maximum absolute atomic E-state index is 5.01. The van der Waals surface area contributed by atoms with Crippen LogP contribution in [0.1, 0.15) is 5.56 Å². The molecule has 0 atom stereocenters. The topological polar surface area (TPSA) is 76.1 Å². The van der Waals surface area contributed by atoms with E-state index < -0.39 is 0 Å². The Balaban J connectivity index is 0.000000257. The Morgan fingerprint density at radius 2 is 1.59 bits per heavy atom. The van der Waals surface area contributed by atoms with Crippen LogP contribution in [-0.4, -0.2) is 52.8 Å². The first-order chi connectivity index (χ1) is 13.4. The molecule has 5 rings (SSSR count). The minimum atomic E-state index is 0.889. The molecule has 1 N–H and O–H groups in total. The van der Waals surface area contributed by atoms with Gasteiger partial charge < -0.3 is 15.0 Å². The SMILES string of the molecule is C1COCCN1.c1cc(-c2ncnc3c2CCN3c2ccncc2)ccn1. The number of nitrogens with zero attached hydrogens (tertiary/aromatic N) is 5. The molecule has 0 aliphatic carbocycles. The zero-order valence-corrected chi connectivity index (χ0v) is 15.1. The molecule has 5 heterocycles. The normalized spacial score (nSPS) is 15.6. The van der Waals surface area contributed by atoms with E-state index in [0.717, 1.165) is 62.0 Å². The highest BCUT2D eigenvalue weighted by molar-refractivity contribution is 5.74. The van der Waals surface area contributed by atoms with E-state index in [1.54, 1.807) is 31.1 Å². The van der Waals surface area contributed by atoms with E-state index in [4.69, 9.17) is 4.74 Å². The Morgan fingerprint density at radius 1 is 0.889 bits per heavy atom. The van der Waals surface area contributed by atoms with Gasteiger partial charge in [-0.2, -0.15) is 0 Å². The number of pyridine rings is 2. The summed E-state index contributed by atoms with van der Waals surface area (Å²) < 4.78 is 5.01. The van der Waals surface area contributed by atoms with E-state index in [2.05, 4.69) is 30.2 Å². The van der Waals surface area contributed by atoms with Crippen molar-refractivity contribution in [2.24, 2.45) is 0 Å². The minimum absolute atomic E-state index is 0.889. The van der Waals surface area contributed by atoms with Gasteiger partial charge in [-0.25, -0.2) is 9.97 Å². The fourth-order valence-electron chi connectivity index (χ4n) is 3.25. The van der Waals surface area contributed by atoms with E-state index in [0.29, 0.717) is 0 Å². The van der Waals surface area contributed by atoms with Gasteiger partial charge in [0.15, 0.2) is 0 Å². The molecule has 0 saturated carbocycles. The first-order valence-electron chi connectivity index (χ1n) is 9.14. The summed E-state index contributed by atoms with van der Waals surface area (Å²) in [4.78, 5) is 19.3. The van der Waals surface area contributed by atoms with Crippen molar-refractivity contribution in [2.45, 2.75) is 6.42 Å². The predicted molar refractivity (Wildman–Crippen MR) is 104 cm³/mol. The average molecular weight is 362 g/mol. The molecular weight excluding hydrogens is 340 g/mol. The van der Waals surface area contributed by atoms with Crippen LogP contribution in [0.25, 0.3) is 11.3 Å². The lowest BCUT2D eigenvalue weighted by atomic mass is 10.1. The molecule has 0 aromatic carbocycles. The van der Waals surface area contributed by atoms with Gasteiger partial charge in [-0.3, -0.25) is 9.97 Å². The molecule has 138 valence electrons. The summed E-state index contributed by atoms with van der Waals surface area (Å²) in [6, 6.07) is 7.97. The lowest BCUT2D eigenvalue weighted by molar-refractivity contribution is 0.109. The smallest absolute Gasteiger partial charge is 0.140 e. The van der Waals surface area contributed by atoms with Gasteiger partial charge in [0.2, 0.25) is 0 Å². The molecule has 3 aromatic rings. The van der Waals surface area contributed by atoms with Crippen LogP contribution < -0.4 is 10.2 Å². The number of ether oxygens (including phenoxy) is 1. The van der Waals surface area contributed by atoms with Crippen molar-refractivity contribution in [1.29, 1.82) is 0 Å². The van der Waals surface area contributed by atoms with Gasteiger partial charge in [0.05, 0.1) is 18.9 Å². The van der Waals surface area contributed by atoms with Gasteiger partial charge in [0.25, 0.3) is 0 Å². The van der Waals surface area contributed by atoms with Gasteiger partial charge >= 0.3 is 0 Å². The molecule has 1 fully saturated rings. The van der Waals surface area contributed by atoms with Crippen molar-refractivity contribution in [3.8, 4) is 11.3 Å². The zero-order chi connectivity index (χ0) is 18.3. The van der Waals surface area contributed by atoms with E-state index in [-0.39, 0.29) is 0 Å². The maximum atomic E-state index is 5.01. The minimum Gasteiger partial charge on any atom is -0.379 e. The molecule has 0 unspecified atom stereocenters. The molecule has 2 aliphatic rings. The van der Waals surface area contributed by atoms with Crippen molar-refractivity contribution in [2.75, 3.05) is 37.7 Å². The monoisotopic (exact) mass is 362 g/mol. The zero-order valence-electron chi connectivity index (χ0n) is 15.1. The maximum Gasteiger partial charge on any atom is 0.140 e. The third-order valence-electron chi connectivity index (χ3n) is 4.54. The van der Waals surface area contributed by atoms with Crippen LogP contribution in [-0.2, 0) is 11.2 Å². The number of rotatable bonds is 2. The number of aromatic nitrogens is 4. The van der Waals surface area contributed by atoms with Crippen molar-refractivity contribution in [3.63, 3.8) is 0 Å². The molecule has 0 radical (unpaired) electrons. The second-order valence-electron chi connectivity index (χ2n) is 6.23. The van der Waals surface area contributed by atoms with Crippen LogP contribution >= 0.6 is 0 Å². The van der Waals surface area contributed by atoms with Crippen LogP contribution in [0.5, 0.6) is 0 Å². The largest absolute Gasteiger partial charge is 0.379 e. The average Bonchev–Trinajstić information content (AvgIpc) is 3.21. The van der Waals surface area contributed by atoms with Gasteiger partial charge in [-0.05, 0) is 30.7 Å². The van der Waals surface area contributed by atoms with E-state index in [1.165, 1.54) is 5.56 Å². The molecule has 0 amide bonds. The summed E-state index contributed by atoms with van der Waals surface area (Å²) in [7, 11) is 0. The Labute approximate surface area is 158 Å². The molecule has 7 heteroatoms. The van der Waals surface area contributed by atoms with Crippen LogP contribution in [0.15, 0.2) is 55.4 Å². The van der Waals surface area contributed by atoms with Gasteiger partial charge in [0, 0.05) is 61.2 Å². The number of nitrogens with one attached hydrogen (secondary N) is 1. The third kappa shape index (κ3) is 4.10. The summed E-state index contributed by atoms with van der Waals surface area (Å²) in [5, 5.41) is 3.16. The van der Waals surface area contributed by atoms with Crippen molar-refractivity contribution < 1.29 is 4.74 Å². The van der Waals surface area contributed by atoms with Crippen LogP contribution in [0.2, 0.25) is 0 Å². The van der Waals surface area contributed by atoms with Crippen molar-refractivity contribution >= 4 is 11.5 Å². The fourth-order valence-corrected chi connectivity index (χ4v) is 3.25. The summed E-state index contributed by atoms with van der Waals surface area (Å²) in [6.45, 7) is 4.75. The molecule has 0 bridgehead atoms. The summed E-state index contributed by atoms with van der Waals surface area (Å²) in [5.74, 6) is 0.989. The van der Waals surface area contributed by atoms with E-state index >= 15 is 0 Å². The highest BCUT2D eigenvalue weighted by Gasteiger charge is 2.25. The molecular formula is C20H22N6O. The molecule has 0 spiro atoms. The first-order valence-corrected chi connectivity index (χ1v) is 9.14. The highest BCUT2D eigenvalue weighted by Crippen LogP contribution is 2.36. The molecule has 3 aromatic heterocycles. The number of fused-ring (bicyclic) bond motifs is 1. The van der Waals surface area contributed by atoms with Crippen molar-refractivity contribution in [1.82, 2.24) is 25.3 Å². The molecule has 2 aliphatic heterocycles. The Hall–Kier alpha value is -2.90. The number of hydrogen-bond acceptors (Lipinski definition) is 7. The summed E-state index contributed by atoms with van der Waals surface area (Å²) in [5.41, 5.74) is 4.39. The van der Waals surface area contributed by atoms with Gasteiger partial charge in [-0.1, -0.05) is 0 Å². The second kappa shape index (κ2) is 8.66. The number of hydrogen-bond donors (Lipinski definition) is 1. The van der Waals surface area contributed by atoms with Crippen LogP contribution in [0.4, 0.5) is 11.5 Å². The highest BCUT2D eigenvalue weighted by atomic mass is 16.5. The summed E-state index contributed by atoms with van der Waals surface area (Å²) >= 11 is 0. The standard InChI is InChI=1S/C16H13N5.C4H9NO/c1-6-17-7-2-12(1)15-14-5-10-21(16(14)20-11-19-15)13-3-8-18-9-4-13;1-3-6-4-2-5-1/h1-4,6-9,11H,5,10H2;5H,1-4H2. The summed E-state index contributed by atoms with van der Waals surface area (Å²) in [6.07, 6.45) is 9.76. The Morgan fingerprint density at radius 3 is 2.22 bits per heavy atom. The Kier molecular flexibility index (Phi) is 5.61. The number of anilines is 2. The predicted octanol–water partition coefficient (Wildman–Crippen LogP) is 2.23. The molecule has 7 nitrogen and oxygen atoms in total. The van der Waals surface area contributed by atoms with Crippen LogP contribution in [0.3, 0.4) is 0 Å². The molecule has 1 saturated heterocycles. The third-order valence-corrected chi connectivity index (χ3v) is 4.54. The van der Waals surface area contributed by atoms with Gasteiger partial charge in [0.1, 0.15) is 12.1 Å². The Bertz CT molecular complexity index is 843. The molecule has 27 heavy (non-hydrogen) atoms. The fraction of sp³-hybridized carbons (Fsp3) is 0.300. The van der Waals surface area contributed by atoms with Gasteiger partial charge in [-0.15, -0.1) is 0 Å². The quantitative estimate of drug-likeness (QED) is 0.749. The van der Waals surface area contributed by atoms with Crippen molar-refractivity contribution in [3.05, 3.63) is 60.9 Å². The van der Waals surface area contributed by atoms with E-state index in [9.17, 15) is 0 Å². The van der Waals surface area contributed by atoms with Crippen LogP contribution in [0, 0.1) is 0 Å². The lowest BCUT2D eigenvalue weighted by Gasteiger charge is -2.18. The first kappa shape index (κ1) is 17.5.